The summed E-state index contributed by atoms with van der Waals surface area (Å²) in [5, 5.41) is -0.539. The Kier molecular flexibility index (Phi) is 7.88. The van der Waals surface area contributed by atoms with Crippen LogP contribution in [0.1, 0.15) is 42.8 Å². The zero-order valence-corrected chi connectivity index (χ0v) is 18.6. The molecule has 0 unspecified atom stereocenters. The van der Waals surface area contributed by atoms with E-state index in [1.165, 1.54) is 6.08 Å². The Morgan fingerprint density at radius 1 is 1.06 bits per heavy atom. The third-order valence-electron chi connectivity index (χ3n) is 4.50. The summed E-state index contributed by atoms with van der Waals surface area (Å²) in [6.07, 6.45) is 3.23. The van der Waals surface area contributed by atoms with Crippen molar-refractivity contribution in [2.45, 2.75) is 26.7 Å². The van der Waals surface area contributed by atoms with Crippen molar-refractivity contribution in [3.63, 3.8) is 0 Å². The molecule has 2 aromatic rings. The van der Waals surface area contributed by atoms with E-state index in [9.17, 15) is 19.2 Å². The van der Waals surface area contributed by atoms with Gasteiger partial charge in [0.05, 0.1) is 23.7 Å². The molecule has 2 heterocycles. The molecule has 0 N–H and O–H groups in total. The predicted octanol–water partition coefficient (Wildman–Crippen LogP) is 4.50. The number of thioether (sulfide) groups is 1. The molecular weight excluding hydrogens is 434 g/mol. The number of benzene rings is 1. The van der Waals surface area contributed by atoms with Crippen molar-refractivity contribution >= 4 is 40.9 Å². The largest absolute Gasteiger partial charge is 0.465 e. The number of furan rings is 1. The summed E-state index contributed by atoms with van der Waals surface area (Å²) in [4.78, 5) is 49.1. The highest BCUT2D eigenvalue weighted by atomic mass is 32.2. The fraction of sp³-hybridized carbons (Fsp3) is 0.304. The van der Waals surface area contributed by atoms with Crippen LogP contribution in [0.4, 0.5) is 4.79 Å². The minimum absolute atomic E-state index is 0.158. The summed E-state index contributed by atoms with van der Waals surface area (Å²) in [7, 11) is 0. The van der Waals surface area contributed by atoms with Crippen LogP contribution in [0.25, 0.3) is 17.4 Å². The molecule has 0 spiro atoms. The average molecular weight is 458 g/mol. The first kappa shape index (κ1) is 23.3. The van der Waals surface area contributed by atoms with Gasteiger partial charge in [-0.1, -0.05) is 25.5 Å². The number of hydrogen-bond acceptors (Lipinski definition) is 8. The van der Waals surface area contributed by atoms with Gasteiger partial charge in [-0.3, -0.25) is 19.3 Å². The molecule has 1 aromatic carbocycles. The molecule has 1 aliphatic heterocycles. The topological polar surface area (TPSA) is 103 Å². The van der Waals surface area contributed by atoms with Crippen molar-refractivity contribution in [3.8, 4) is 11.3 Å². The van der Waals surface area contributed by atoms with Gasteiger partial charge in [0.2, 0.25) is 0 Å². The number of carbonyl (C=O) groups is 4. The number of carbonyl (C=O) groups excluding carboxylic acids is 4. The number of amides is 2. The molecule has 3 rings (SSSR count). The van der Waals surface area contributed by atoms with Gasteiger partial charge in [-0.15, -0.1) is 0 Å². The first-order valence-corrected chi connectivity index (χ1v) is 11.0. The summed E-state index contributed by atoms with van der Waals surface area (Å²) in [5.41, 5.74) is 1.19. The van der Waals surface area contributed by atoms with Crippen LogP contribution in [0.2, 0.25) is 0 Å². The second-order valence-corrected chi connectivity index (χ2v) is 7.83. The van der Waals surface area contributed by atoms with Crippen molar-refractivity contribution in [1.29, 1.82) is 0 Å². The number of nitrogens with zero attached hydrogens (tertiary/aromatic N) is 1. The maximum absolute atomic E-state index is 12.5. The highest BCUT2D eigenvalue weighted by Gasteiger charge is 2.36. The third-order valence-corrected chi connectivity index (χ3v) is 5.41. The number of esters is 2. The number of hydrogen-bond donors (Lipinski definition) is 0. The molecule has 0 saturated carbocycles. The van der Waals surface area contributed by atoms with Crippen LogP contribution in [0, 0.1) is 0 Å². The van der Waals surface area contributed by atoms with Crippen molar-refractivity contribution in [1.82, 2.24) is 4.90 Å². The summed E-state index contributed by atoms with van der Waals surface area (Å²) in [6.45, 7) is 3.80. The van der Waals surface area contributed by atoms with Crippen LogP contribution in [0.5, 0.6) is 0 Å². The summed E-state index contributed by atoms with van der Waals surface area (Å²) >= 11 is 0.734. The smallest absolute Gasteiger partial charge is 0.338 e. The molecule has 32 heavy (non-hydrogen) atoms. The highest BCUT2D eigenvalue weighted by Crippen LogP contribution is 2.33. The van der Waals surface area contributed by atoms with Gasteiger partial charge in [0.25, 0.3) is 11.1 Å². The minimum atomic E-state index is -0.644. The summed E-state index contributed by atoms with van der Waals surface area (Å²) in [5.74, 6) is -0.674. The normalized spacial score (nSPS) is 14.8. The number of rotatable bonds is 9. The molecule has 1 fully saturated rings. The molecule has 0 atom stereocenters. The van der Waals surface area contributed by atoms with Crippen LogP contribution in [-0.4, -0.2) is 47.7 Å². The Balaban J connectivity index is 1.67. The Morgan fingerprint density at radius 2 is 1.81 bits per heavy atom. The molecule has 1 saturated heterocycles. The fourth-order valence-corrected chi connectivity index (χ4v) is 3.67. The first-order valence-electron chi connectivity index (χ1n) is 10.2. The Morgan fingerprint density at radius 3 is 2.50 bits per heavy atom. The third kappa shape index (κ3) is 5.67. The number of imide groups is 1. The van der Waals surface area contributed by atoms with Crippen LogP contribution in [0.15, 0.2) is 45.7 Å². The quantitative estimate of drug-likeness (QED) is 0.308. The molecule has 9 heteroatoms. The maximum Gasteiger partial charge on any atom is 0.338 e. The van der Waals surface area contributed by atoms with Crippen molar-refractivity contribution < 1.29 is 33.1 Å². The van der Waals surface area contributed by atoms with Crippen LogP contribution in [0.3, 0.4) is 0 Å². The van der Waals surface area contributed by atoms with E-state index in [1.807, 2.05) is 6.92 Å². The van der Waals surface area contributed by atoms with E-state index in [-0.39, 0.29) is 17.5 Å². The monoisotopic (exact) mass is 457 g/mol. The van der Waals surface area contributed by atoms with Gasteiger partial charge >= 0.3 is 11.9 Å². The van der Waals surface area contributed by atoms with E-state index in [0.717, 1.165) is 35.1 Å². The second-order valence-electron chi connectivity index (χ2n) is 6.84. The van der Waals surface area contributed by atoms with Gasteiger partial charge in [0.1, 0.15) is 18.1 Å². The van der Waals surface area contributed by atoms with Gasteiger partial charge < -0.3 is 13.9 Å². The number of unbranched alkanes of at least 4 members (excludes halogenated alkanes) is 1. The second kappa shape index (κ2) is 10.8. The minimum Gasteiger partial charge on any atom is -0.465 e. The Hall–Kier alpha value is -3.33. The lowest BCUT2D eigenvalue weighted by Gasteiger charge is -2.10. The first-order chi connectivity index (χ1) is 15.4. The lowest BCUT2D eigenvalue weighted by atomic mass is 10.1. The molecule has 0 aliphatic carbocycles. The van der Waals surface area contributed by atoms with E-state index >= 15 is 0 Å². The molecule has 8 nitrogen and oxygen atoms in total. The maximum atomic E-state index is 12.5. The SMILES string of the molecule is CCCCOC(=O)c1ccc(-c2ccc(/C=C3/SC(=O)N(CC(=O)OCC)C3=O)o2)cc1. The molecule has 168 valence electrons. The molecule has 2 amide bonds. The van der Waals surface area contributed by atoms with Crippen LogP contribution >= 0.6 is 11.8 Å². The molecule has 1 aromatic heterocycles. The summed E-state index contributed by atoms with van der Waals surface area (Å²) < 4.78 is 15.8. The van der Waals surface area contributed by atoms with E-state index in [1.54, 1.807) is 43.3 Å². The van der Waals surface area contributed by atoms with Crippen LogP contribution < -0.4 is 0 Å². The van der Waals surface area contributed by atoms with Gasteiger partial charge in [0, 0.05) is 11.6 Å². The van der Waals surface area contributed by atoms with Crippen molar-refractivity contribution in [2.24, 2.45) is 0 Å². The lowest BCUT2D eigenvalue weighted by Crippen LogP contribution is -2.34. The standard InChI is InChI=1S/C23H23NO7S/c1-3-5-12-30-22(27)16-8-6-15(7-9-16)18-11-10-17(31-18)13-19-21(26)24(23(28)32-19)14-20(25)29-4-2/h6-11,13H,3-5,12,14H2,1-2H3/b19-13+. The van der Waals surface area contributed by atoms with Gasteiger partial charge in [-0.2, -0.15) is 0 Å². The zero-order valence-electron chi connectivity index (χ0n) is 17.8. The van der Waals surface area contributed by atoms with E-state index in [4.69, 9.17) is 13.9 Å². The molecular formula is C23H23NO7S. The van der Waals surface area contributed by atoms with E-state index in [2.05, 4.69) is 0 Å². The zero-order chi connectivity index (χ0) is 23.1. The molecule has 0 bridgehead atoms. The molecule has 0 radical (unpaired) electrons. The Labute approximate surface area is 189 Å². The van der Waals surface area contributed by atoms with Crippen molar-refractivity contribution in [2.75, 3.05) is 19.8 Å². The highest BCUT2D eigenvalue weighted by molar-refractivity contribution is 8.18. The fourth-order valence-electron chi connectivity index (χ4n) is 2.85. The average Bonchev–Trinajstić information content (AvgIpc) is 3.34. The van der Waals surface area contributed by atoms with Crippen LogP contribution in [-0.2, 0) is 19.1 Å². The molecule has 1 aliphatic rings. The predicted molar refractivity (Wildman–Crippen MR) is 119 cm³/mol. The van der Waals surface area contributed by atoms with Gasteiger partial charge in [-0.25, -0.2) is 4.79 Å². The summed E-state index contributed by atoms with van der Waals surface area (Å²) in [6, 6.07) is 10.2. The van der Waals surface area contributed by atoms with Gasteiger partial charge in [0.15, 0.2) is 0 Å². The van der Waals surface area contributed by atoms with Gasteiger partial charge in [-0.05, 0) is 49.4 Å². The van der Waals surface area contributed by atoms with E-state index < -0.39 is 23.7 Å². The van der Waals surface area contributed by atoms with Crippen molar-refractivity contribution in [3.05, 3.63) is 52.6 Å². The lowest BCUT2D eigenvalue weighted by molar-refractivity contribution is -0.145. The number of ether oxygens (including phenoxy) is 2. The van der Waals surface area contributed by atoms with E-state index in [0.29, 0.717) is 23.7 Å². The Bertz CT molecular complexity index is 1040.